The van der Waals surface area contributed by atoms with E-state index in [1.165, 1.54) is 5.56 Å². The Hall–Kier alpha value is -1.02. The Morgan fingerprint density at radius 1 is 1.05 bits per heavy atom. The van der Waals surface area contributed by atoms with Crippen molar-refractivity contribution in [3.05, 3.63) is 69.7 Å². The molecule has 2 aromatic carbocycles. The maximum absolute atomic E-state index is 6.15. The summed E-state index contributed by atoms with van der Waals surface area (Å²) in [7, 11) is 0. The molecular weight excluding hydrogens is 277 g/mol. The van der Waals surface area contributed by atoms with Gasteiger partial charge in [-0.05, 0) is 36.6 Å². The number of halogens is 2. The molecule has 100 valence electrons. The Kier molecular flexibility index (Phi) is 5.26. The van der Waals surface area contributed by atoms with Gasteiger partial charge < -0.3 is 5.32 Å². The SMILES string of the molecule is CC(Cc1ccccc1)NCc1ccc(Cl)cc1Cl. The van der Waals surface area contributed by atoms with E-state index in [1.807, 2.05) is 18.2 Å². The minimum atomic E-state index is 0.397. The lowest BCUT2D eigenvalue weighted by Crippen LogP contribution is -2.27. The van der Waals surface area contributed by atoms with E-state index in [2.05, 4.69) is 36.5 Å². The molecule has 0 aromatic heterocycles. The molecule has 0 saturated heterocycles. The molecule has 1 unspecified atom stereocenters. The van der Waals surface area contributed by atoms with Crippen LogP contribution < -0.4 is 5.32 Å². The first-order chi connectivity index (χ1) is 9.15. The van der Waals surface area contributed by atoms with Gasteiger partial charge in [0.15, 0.2) is 0 Å². The van der Waals surface area contributed by atoms with Crippen LogP contribution in [0.3, 0.4) is 0 Å². The van der Waals surface area contributed by atoms with Crippen LogP contribution in [-0.4, -0.2) is 6.04 Å². The van der Waals surface area contributed by atoms with Crippen molar-refractivity contribution in [1.29, 1.82) is 0 Å². The van der Waals surface area contributed by atoms with Crippen molar-refractivity contribution in [2.24, 2.45) is 0 Å². The molecule has 0 aliphatic rings. The first-order valence-electron chi connectivity index (χ1n) is 6.36. The molecule has 1 atom stereocenters. The topological polar surface area (TPSA) is 12.0 Å². The molecule has 0 saturated carbocycles. The van der Waals surface area contributed by atoms with Crippen LogP contribution in [0.15, 0.2) is 48.5 Å². The number of hydrogen-bond donors (Lipinski definition) is 1. The number of nitrogens with one attached hydrogen (secondary N) is 1. The predicted molar refractivity (Wildman–Crippen MR) is 82.9 cm³/mol. The lowest BCUT2D eigenvalue weighted by atomic mass is 10.1. The molecule has 2 rings (SSSR count). The zero-order chi connectivity index (χ0) is 13.7. The van der Waals surface area contributed by atoms with Gasteiger partial charge >= 0.3 is 0 Å². The van der Waals surface area contributed by atoms with Crippen LogP contribution in [0.25, 0.3) is 0 Å². The number of benzene rings is 2. The van der Waals surface area contributed by atoms with Crippen LogP contribution in [0.4, 0.5) is 0 Å². The summed E-state index contributed by atoms with van der Waals surface area (Å²) >= 11 is 12.0. The fourth-order valence-electron chi connectivity index (χ4n) is 1.99. The molecular formula is C16H17Cl2N. The van der Waals surface area contributed by atoms with Crippen molar-refractivity contribution in [2.75, 3.05) is 0 Å². The van der Waals surface area contributed by atoms with Crippen molar-refractivity contribution in [2.45, 2.75) is 25.9 Å². The van der Waals surface area contributed by atoms with E-state index >= 15 is 0 Å². The minimum Gasteiger partial charge on any atom is -0.310 e. The molecule has 0 spiro atoms. The maximum atomic E-state index is 6.15. The van der Waals surface area contributed by atoms with Crippen LogP contribution in [0.5, 0.6) is 0 Å². The highest BCUT2D eigenvalue weighted by molar-refractivity contribution is 6.35. The molecule has 2 aromatic rings. The second-order valence-electron chi connectivity index (χ2n) is 4.71. The van der Waals surface area contributed by atoms with Gasteiger partial charge in [-0.25, -0.2) is 0 Å². The smallest absolute Gasteiger partial charge is 0.0465 e. The van der Waals surface area contributed by atoms with Gasteiger partial charge in [-0.1, -0.05) is 59.6 Å². The Morgan fingerprint density at radius 2 is 1.79 bits per heavy atom. The van der Waals surface area contributed by atoms with Gasteiger partial charge in [0.05, 0.1) is 0 Å². The lowest BCUT2D eigenvalue weighted by molar-refractivity contribution is 0.545. The second-order valence-corrected chi connectivity index (χ2v) is 5.55. The Balaban J connectivity index is 1.88. The van der Waals surface area contributed by atoms with E-state index in [4.69, 9.17) is 23.2 Å². The summed E-state index contributed by atoms with van der Waals surface area (Å²) in [5.74, 6) is 0. The molecule has 0 amide bonds. The summed E-state index contributed by atoms with van der Waals surface area (Å²) in [5, 5.41) is 4.87. The fourth-order valence-corrected chi connectivity index (χ4v) is 2.46. The van der Waals surface area contributed by atoms with E-state index < -0.39 is 0 Å². The van der Waals surface area contributed by atoms with Crippen LogP contribution in [0.2, 0.25) is 10.0 Å². The Labute approximate surface area is 124 Å². The monoisotopic (exact) mass is 293 g/mol. The van der Waals surface area contributed by atoms with Crippen LogP contribution in [0, 0.1) is 0 Å². The highest BCUT2D eigenvalue weighted by Gasteiger charge is 2.05. The summed E-state index contributed by atoms with van der Waals surface area (Å²) < 4.78 is 0. The fraction of sp³-hybridized carbons (Fsp3) is 0.250. The van der Waals surface area contributed by atoms with E-state index in [1.54, 1.807) is 6.07 Å². The van der Waals surface area contributed by atoms with Crippen molar-refractivity contribution in [3.8, 4) is 0 Å². The number of rotatable bonds is 5. The standard InChI is InChI=1S/C16H17Cl2N/c1-12(9-13-5-3-2-4-6-13)19-11-14-7-8-15(17)10-16(14)18/h2-8,10,12,19H,9,11H2,1H3. The molecule has 0 radical (unpaired) electrons. The first kappa shape index (κ1) is 14.4. The van der Waals surface area contributed by atoms with E-state index in [-0.39, 0.29) is 0 Å². The van der Waals surface area contributed by atoms with Crippen molar-refractivity contribution in [1.82, 2.24) is 5.32 Å². The predicted octanol–water partition coefficient (Wildman–Crippen LogP) is 4.71. The largest absolute Gasteiger partial charge is 0.310 e. The molecule has 0 aliphatic carbocycles. The summed E-state index contributed by atoms with van der Waals surface area (Å²) in [6.45, 7) is 2.93. The van der Waals surface area contributed by atoms with Gasteiger partial charge in [0.25, 0.3) is 0 Å². The molecule has 0 heterocycles. The van der Waals surface area contributed by atoms with Crippen LogP contribution in [-0.2, 0) is 13.0 Å². The van der Waals surface area contributed by atoms with Crippen LogP contribution >= 0.6 is 23.2 Å². The third-order valence-corrected chi connectivity index (χ3v) is 3.63. The van der Waals surface area contributed by atoms with Gasteiger partial charge in [-0.2, -0.15) is 0 Å². The third kappa shape index (κ3) is 4.54. The maximum Gasteiger partial charge on any atom is 0.0465 e. The molecule has 19 heavy (non-hydrogen) atoms. The summed E-state index contributed by atoms with van der Waals surface area (Å²) in [5.41, 5.74) is 2.41. The quantitative estimate of drug-likeness (QED) is 0.841. The Morgan fingerprint density at radius 3 is 2.47 bits per heavy atom. The Bertz CT molecular complexity index is 526. The van der Waals surface area contributed by atoms with E-state index in [0.29, 0.717) is 16.1 Å². The van der Waals surface area contributed by atoms with E-state index in [0.717, 1.165) is 18.5 Å². The molecule has 1 N–H and O–H groups in total. The normalized spacial score (nSPS) is 12.4. The van der Waals surface area contributed by atoms with Gasteiger partial charge in [0.2, 0.25) is 0 Å². The average Bonchev–Trinajstić information content (AvgIpc) is 2.39. The van der Waals surface area contributed by atoms with Gasteiger partial charge in [0, 0.05) is 22.6 Å². The minimum absolute atomic E-state index is 0.397. The van der Waals surface area contributed by atoms with Crippen molar-refractivity contribution in [3.63, 3.8) is 0 Å². The van der Waals surface area contributed by atoms with Gasteiger partial charge in [-0.15, -0.1) is 0 Å². The van der Waals surface area contributed by atoms with Crippen molar-refractivity contribution >= 4 is 23.2 Å². The number of hydrogen-bond acceptors (Lipinski definition) is 1. The molecule has 0 aliphatic heterocycles. The summed E-state index contributed by atoms with van der Waals surface area (Å²) in [4.78, 5) is 0. The second kappa shape index (κ2) is 6.95. The highest BCUT2D eigenvalue weighted by Crippen LogP contribution is 2.20. The first-order valence-corrected chi connectivity index (χ1v) is 7.12. The molecule has 1 nitrogen and oxygen atoms in total. The average molecular weight is 294 g/mol. The highest BCUT2D eigenvalue weighted by atomic mass is 35.5. The zero-order valence-electron chi connectivity index (χ0n) is 10.9. The van der Waals surface area contributed by atoms with Crippen molar-refractivity contribution < 1.29 is 0 Å². The van der Waals surface area contributed by atoms with Gasteiger partial charge in [0.1, 0.15) is 0 Å². The lowest BCUT2D eigenvalue weighted by Gasteiger charge is -2.14. The zero-order valence-corrected chi connectivity index (χ0v) is 12.4. The van der Waals surface area contributed by atoms with Crippen LogP contribution in [0.1, 0.15) is 18.1 Å². The molecule has 0 bridgehead atoms. The summed E-state index contributed by atoms with van der Waals surface area (Å²) in [6, 6.07) is 16.5. The van der Waals surface area contributed by atoms with E-state index in [9.17, 15) is 0 Å². The molecule has 0 fully saturated rings. The third-order valence-electron chi connectivity index (χ3n) is 3.04. The molecule has 3 heteroatoms. The van der Waals surface area contributed by atoms with Gasteiger partial charge in [-0.3, -0.25) is 0 Å². The summed E-state index contributed by atoms with van der Waals surface area (Å²) in [6.07, 6.45) is 1.01.